The van der Waals surface area contributed by atoms with Crippen molar-refractivity contribution in [2.45, 2.75) is 45.4 Å². The van der Waals surface area contributed by atoms with Gasteiger partial charge < -0.3 is 0 Å². The number of unbranched alkanes of at least 4 members (excludes halogenated alkanes) is 4. The van der Waals surface area contributed by atoms with Gasteiger partial charge in [0, 0.05) is 0 Å². The lowest BCUT2D eigenvalue weighted by Crippen LogP contribution is -1.72. The summed E-state index contributed by atoms with van der Waals surface area (Å²) in [4.78, 5) is 0. The van der Waals surface area contributed by atoms with Crippen LogP contribution >= 0.6 is 0 Å². The first-order chi connectivity index (χ1) is 6.41. The average Bonchev–Trinajstić information content (AvgIpc) is 2.16. The van der Waals surface area contributed by atoms with Gasteiger partial charge >= 0.3 is 0 Å². The van der Waals surface area contributed by atoms with Crippen molar-refractivity contribution < 1.29 is 0 Å². The molecule has 0 atom stereocenters. The topological polar surface area (TPSA) is 0 Å². The van der Waals surface area contributed by atoms with Crippen LogP contribution in [0.2, 0.25) is 0 Å². The van der Waals surface area contributed by atoms with Crippen LogP contribution in [0, 0.1) is 6.58 Å². The maximum absolute atomic E-state index is 5.20. The summed E-state index contributed by atoms with van der Waals surface area (Å²) in [6.45, 7) is 7.41. The van der Waals surface area contributed by atoms with E-state index in [1.54, 1.807) is 6.08 Å². The van der Waals surface area contributed by atoms with Crippen molar-refractivity contribution in [2.75, 3.05) is 0 Å². The Balaban J connectivity index is 3.07. The molecule has 0 spiro atoms. The Kier molecular flexibility index (Phi) is 10.5. The zero-order valence-electron chi connectivity index (χ0n) is 8.71. The fourth-order valence-corrected chi connectivity index (χ4v) is 1.10. The predicted molar refractivity (Wildman–Crippen MR) is 60.5 cm³/mol. The number of rotatable bonds is 8. The molecule has 0 nitrogen and oxygen atoms in total. The first kappa shape index (κ1) is 12.2. The Morgan fingerprint density at radius 1 is 0.923 bits per heavy atom. The van der Waals surface area contributed by atoms with E-state index in [0.717, 1.165) is 6.42 Å². The molecule has 0 aromatic rings. The Hall–Kier alpha value is -0.780. The molecule has 0 bridgehead atoms. The second-order valence-corrected chi connectivity index (χ2v) is 3.17. The third-order valence-electron chi connectivity index (χ3n) is 1.86. The van der Waals surface area contributed by atoms with Gasteiger partial charge in [-0.15, -0.1) is 0 Å². The fourth-order valence-electron chi connectivity index (χ4n) is 1.10. The first-order valence-electron chi connectivity index (χ1n) is 5.27. The van der Waals surface area contributed by atoms with E-state index in [2.05, 4.69) is 25.2 Å². The van der Waals surface area contributed by atoms with Gasteiger partial charge in [0.2, 0.25) is 0 Å². The maximum Gasteiger partial charge on any atom is -0.0347 e. The summed E-state index contributed by atoms with van der Waals surface area (Å²) in [5.41, 5.74) is 0. The van der Waals surface area contributed by atoms with Crippen molar-refractivity contribution in [2.24, 2.45) is 0 Å². The highest BCUT2D eigenvalue weighted by atomic mass is 13.9. The van der Waals surface area contributed by atoms with E-state index in [4.69, 9.17) is 6.58 Å². The summed E-state index contributed by atoms with van der Waals surface area (Å²) >= 11 is 0. The van der Waals surface area contributed by atoms with Crippen molar-refractivity contribution in [1.29, 1.82) is 0 Å². The summed E-state index contributed by atoms with van der Waals surface area (Å²) in [7, 11) is 0. The van der Waals surface area contributed by atoms with Crippen LogP contribution in [0.1, 0.15) is 45.4 Å². The third kappa shape index (κ3) is 11.2. The number of allylic oxidation sites excluding steroid dienone is 5. The lowest BCUT2D eigenvalue weighted by molar-refractivity contribution is 0.759. The molecule has 0 heteroatoms. The van der Waals surface area contributed by atoms with Gasteiger partial charge in [-0.1, -0.05) is 50.3 Å². The molecule has 0 amide bonds. The smallest absolute Gasteiger partial charge is 0.0347 e. The van der Waals surface area contributed by atoms with E-state index in [0.29, 0.717) is 0 Å². The summed E-state index contributed by atoms with van der Waals surface area (Å²) in [6.07, 6.45) is 17.6. The van der Waals surface area contributed by atoms with Crippen molar-refractivity contribution in [1.82, 2.24) is 0 Å². The van der Waals surface area contributed by atoms with E-state index in [9.17, 15) is 0 Å². The zero-order valence-corrected chi connectivity index (χ0v) is 8.71. The van der Waals surface area contributed by atoms with Gasteiger partial charge in [0.05, 0.1) is 0 Å². The van der Waals surface area contributed by atoms with Crippen molar-refractivity contribution in [3.05, 3.63) is 37.0 Å². The monoisotopic (exact) mass is 177 g/mol. The van der Waals surface area contributed by atoms with E-state index in [1.807, 2.05) is 6.08 Å². The van der Waals surface area contributed by atoms with Gasteiger partial charge in [0.25, 0.3) is 0 Å². The summed E-state index contributed by atoms with van der Waals surface area (Å²) in [5, 5.41) is 0. The number of hydrogen-bond acceptors (Lipinski definition) is 0. The molecule has 0 saturated heterocycles. The highest BCUT2D eigenvalue weighted by Gasteiger charge is 1.82. The summed E-state index contributed by atoms with van der Waals surface area (Å²) < 4.78 is 0. The van der Waals surface area contributed by atoms with Gasteiger partial charge in [-0.3, -0.25) is 0 Å². The molecule has 0 rings (SSSR count). The van der Waals surface area contributed by atoms with Crippen LogP contribution in [-0.2, 0) is 0 Å². The molecule has 0 aliphatic rings. The lowest BCUT2D eigenvalue weighted by atomic mass is 10.1. The average molecular weight is 177 g/mol. The molecule has 0 N–H and O–H groups in total. The quantitative estimate of drug-likeness (QED) is 0.292. The summed E-state index contributed by atoms with van der Waals surface area (Å²) in [5.74, 6) is 0. The van der Waals surface area contributed by atoms with Crippen LogP contribution in [0.25, 0.3) is 0 Å². The van der Waals surface area contributed by atoms with E-state index in [1.165, 1.54) is 32.1 Å². The van der Waals surface area contributed by atoms with E-state index >= 15 is 0 Å². The minimum atomic E-state index is 1.15. The molecular formula is C13H21. The van der Waals surface area contributed by atoms with E-state index in [-0.39, 0.29) is 0 Å². The molecule has 0 unspecified atom stereocenters. The normalized spacial score (nSPS) is 11.5. The van der Waals surface area contributed by atoms with Crippen LogP contribution in [0.4, 0.5) is 0 Å². The third-order valence-corrected chi connectivity index (χ3v) is 1.86. The predicted octanol–water partition coefficient (Wildman–Crippen LogP) is 4.45. The second-order valence-electron chi connectivity index (χ2n) is 3.17. The Bertz CT molecular complexity index is 151. The molecule has 0 heterocycles. The van der Waals surface area contributed by atoms with Crippen LogP contribution in [-0.4, -0.2) is 0 Å². The van der Waals surface area contributed by atoms with Crippen LogP contribution < -0.4 is 0 Å². The fraction of sp³-hybridized carbons (Fsp3) is 0.538. The minimum absolute atomic E-state index is 1.15. The van der Waals surface area contributed by atoms with Gasteiger partial charge in [0.15, 0.2) is 0 Å². The molecular weight excluding hydrogens is 156 g/mol. The van der Waals surface area contributed by atoms with E-state index < -0.39 is 0 Å². The minimum Gasteiger partial charge on any atom is -0.0885 e. The largest absolute Gasteiger partial charge is 0.0885 e. The SMILES string of the molecule is [CH]=CC=CCCCCC=CCCC. The van der Waals surface area contributed by atoms with Crippen LogP contribution in [0.3, 0.4) is 0 Å². The highest BCUT2D eigenvalue weighted by Crippen LogP contribution is 2.02. The lowest BCUT2D eigenvalue weighted by Gasteiger charge is -1.92. The standard InChI is InChI=1S/C13H21/c1-3-5-7-9-11-13-12-10-8-6-4-2/h1,3,5,7-8,10H,4,6,9,11-13H2,2H3. The van der Waals surface area contributed by atoms with Gasteiger partial charge in [-0.2, -0.15) is 0 Å². The molecule has 0 aromatic carbocycles. The Morgan fingerprint density at radius 3 is 2.15 bits per heavy atom. The maximum atomic E-state index is 5.20. The molecule has 0 fully saturated rings. The Labute approximate surface area is 83.0 Å². The first-order valence-corrected chi connectivity index (χ1v) is 5.27. The molecule has 0 aliphatic heterocycles. The van der Waals surface area contributed by atoms with Crippen molar-refractivity contribution in [3.8, 4) is 0 Å². The second kappa shape index (κ2) is 11.2. The van der Waals surface area contributed by atoms with Crippen LogP contribution in [0.15, 0.2) is 30.4 Å². The molecule has 0 aromatic heterocycles. The molecule has 1 radical (unpaired) electrons. The van der Waals surface area contributed by atoms with Crippen molar-refractivity contribution >= 4 is 0 Å². The molecule has 13 heavy (non-hydrogen) atoms. The molecule has 0 saturated carbocycles. The summed E-state index contributed by atoms with van der Waals surface area (Å²) in [6, 6.07) is 0. The molecule has 73 valence electrons. The number of hydrogen-bond donors (Lipinski definition) is 0. The zero-order chi connectivity index (χ0) is 9.78. The Morgan fingerprint density at radius 2 is 1.54 bits per heavy atom. The molecule has 0 aliphatic carbocycles. The van der Waals surface area contributed by atoms with Gasteiger partial charge in [-0.05, 0) is 32.1 Å². The van der Waals surface area contributed by atoms with Crippen LogP contribution in [0.5, 0.6) is 0 Å². The van der Waals surface area contributed by atoms with Gasteiger partial charge in [0.1, 0.15) is 0 Å². The highest BCUT2D eigenvalue weighted by molar-refractivity contribution is 4.95. The van der Waals surface area contributed by atoms with Crippen molar-refractivity contribution in [3.63, 3.8) is 0 Å². The van der Waals surface area contributed by atoms with Gasteiger partial charge in [-0.25, -0.2) is 0 Å².